The van der Waals surface area contributed by atoms with Gasteiger partial charge < -0.3 is 25.0 Å². The van der Waals surface area contributed by atoms with Crippen LogP contribution >= 0.6 is 0 Å². The highest BCUT2D eigenvalue weighted by molar-refractivity contribution is 5.95. The number of hydrogen-bond donors (Lipinski definition) is 2. The van der Waals surface area contributed by atoms with Gasteiger partial charge in [-0.2, -0.15) is 0 Å². The van der Waals surface area contributed by atoms with Crippen molar-refractivity contribution in [3.63, 3.8) is 0 Å². The first kappa shape index (κ1) is 23.6. The Morgan fingerprint density at radius 2 is 2.09 bits per heavy atom. The van der Waals surface area contributed by atoms with Gasteiger partial charge in [-0.05, 0) is 32.3 Å². The normalized spacial score (nSPS) is 20.6. The van der Waals surface area contributed by atoms with E-state index in [0.717, 1.165) is 12.8 Å². The van der Waals surface area contributed by atoms with Gasteiger partial charge in [0, 0.05) is 61.9 Å². The maximum absolute atomic E-state index is 14.3. The molecule has 0 atom stereocenters. The molecule has 1 aromatic rings. The second kappa shape index (κ2) is 9.61. The van der Waals surface area contributed by atoms with Gasteiger partial charge in [-0.15, -0.1) is 0 Å². The SMILES string of the molecule is C=C(NCc1cccc(C)c1F)C1=CN(C)C(C(=O)N(CC)C2CC(OC)C2)=C(O)C1=C. The molecular formula is C25H32FN3O3. The molecule has 1 aliphatic heterocycles. The van der Waals surface area contributed by atoms with Crippen LogP contribution in [-0.2, 0) is 16.1 Å². The Balaban J connectivity index is 1.73. The van der Waals surface area contributed by atoms with Gasteiger partial charge in [0.2, 0.25) is 0 Å². The number of aliphatic hydroxyl groups excluding tert-OH is 1. The van der Waals surface area contributed by atoms with Crippen LogP contribution in [0.3, 0.4) is 0 Å². The molecule has 1 heterocycles. The number of methoxy groups -OCH3 is 1. The lowest BCUT2D eigenvalue weighted by Gasteiger charge is -2.43. The summed E-state index contributed by atoms with van der Waals surface area (Å²) in [5.74, 6) is -0.687. The van der Waals surface area contributed by atoms with Gasteiger partial charge in [0.25, 0.3) is 5.91 Å². The Labute approximate surface area is 189 Å². The average Bonchev–Trinajstić information content (AvgIpc) is 2.73. The largest absolute Gasteiger partial charge is 0.505 e. The minimum atomic E-state index is -0.261. The summed E-state index contributed by atoms with van der Waals surface area (Å²) in [5, 5.41) is 14.0. The van der Waals surface area contributed by atoms with Crippen LogP contribution < -0.4 is 5.32 Å². The lowest BCUT2D eigenvalue weighted by atomic mass is 9.87. The van der Waals surface area contributed by atoms with E-state index in [1.807, 2.05) is 6.92 Å². The van der Waals surface area contributed by atoms with E-state index < -0.39 is 0 Å². The molecule has 1 saturated carbocycles. The first-order chi connectivity index (χ1) is 15.2. The number of nitrogens with one attached hydrogen (secondary N) is 1. The predicted octanol–water partition coefficient (Wildman–Crippen LogP) is 3.92. The maximum Gasteiger partial charge on any atom is 0.274 e. The minimum Gasteiger partial charge on any atom is -0.505 e. The zero-order valence-electron chi connectivity index (χ0n) is 19.2. The van der Waals surface area contributed by atoms with Crippen molar-refractivity contribution in [3.8, 4) is 0 Å². The molecular weight excluding hydrogens is 409 g/mol. The summed E-state index contributed by atoms with van der Waals surface area (Å²) in [7, 11) is 3.38. The highest BCUT2D eigenvalue weighted by Gasteiger charge is 2.39. The van der Waals surface area contributed by atoms with Gasteiger partial charge in [0.1, 0.15) is 11.5 Å². The van der Waals surface area contributed by atoms with E-state index in [1.165, 1.54) is 0 Å². The molecule has 172 valence electrons. The molecule has 3 rings (SSSR count). The van der Waals surface area contributed by atoms with Crippen LogP contribution in [-0.4, -0.2) is 53.7 Å². The quantitative estimate of drug-likeness (QED) is 0.640. The standard InChI is InChI=1S/C25H32FN3O3/c1-7-29(19-11-20(12-19)32-6)25(31)23-24(30)16(3)21(14-28(23)5)17(4)27-13-18-10-8-9-15(2)22(18)26/h8-10,14,19-20,27,30H,3-4,7,11-13H2,1-2,5-6H3. The van der Waals surface area contributed by atoms with E-state index in [4.69, 9.17) is 4.74 Å². The molecule has 2 N–H and O–H groups in total. The maximum atomic E-state index is 14.3. The van der Waals surface area contributed by atoms with Crippen LogP contribution in [0.15, 0.2) is 65.9 Å². The average molecular weight is 442 g/mol. The van der Waals surface area contributed by atoms with Crippen LogP contribution in [0.4, 0.5) is 4.39 Å². The third-order valence-electron chi connectivity index (χ3n) is 6.25. The van der Waals surface area contributed by atoms with Crippen LogP contribution in [0.2, 0.25) is 0 Å². The van der Waals surface area contributed by atoms with E-state index in [2.05, 4.69) is 18.5 Å². The van der Waals surface area contributed by atoms with E-state index in [-0.39, 0.29) is 41.9 Å². The summed E-state index contributed by atoms with van der Waals surface area (Å²) in [6.45, 7) is 12.4. The lowest BCUT2D eigenvalue weighted by molar-refractivity contribution is -0.135. The second-order valence-electron chi connectivity index (χ2n) is 8.28. The number of rotatable bonds is 8. The van der Waals surface area contributed by atoms with Crippen molar-refractivity contribution in [1.29, 1.82) is 0 Å². The fraction of sp³-hybridized carbons (Fsp3) is 0.400. The first-order valence-corrected chi connectivity index (χ1v) is 10.8. The number of carbonyl (C=O) groups is 1. The highest BCUT2D eigenvalue weighted by atomic mass is 19.1. The molecule has 0 spiro atoms. The minimum absolute atomic E-state index is 0.0886. The molecule has 7 heteroatoms. The molecule has 1 amide bonds. The van der Waals surface area contributed by atoms with Crippen LogP contribution in [0.1, 0.15) is 30.9 Å². The summed E-state index contributed by atoms with van der Waals surface area (Å²) in [6.07, 6.45) is 3.45. The van der Waals surface area contributed by atoms with Gasteiger partial charge in [0.05, 0.1) is 6.10 Å². The molecule has 1 fully saturated rings. The summed E-state index contributed by atoms with van der Waals surface area (Å²) in [5.41, 5.74) is 2.61. The topological polar surface area (TPSA) is 65.0 Å². The number of aliphatic hydroxyl groups is 1. The van der Waals surface area contributed by atoms with Crippen molar-refractivity contribution in [2.24, 2.45) is 0 Å². The molecule has 1 aromatic carbocycles. The fourth-order valence-corrected chi connectivity index (χ4v) is 4.12. The number of amides is 1. The zero-order valence-corrected chi connectivity index (χ0v) is 19.2. The molecule has 0 unspecified atom stereocenters. The van der Waals surface area contributed by atoms with Crippen LogP contribution in [0.25, 0.3) is 0 Å². The van der Waals surface area contributed by atoms with E-state index in [0.29, 0.717) is 34.5 Å². The predicted molar refractivity (Wildman–Crippen MR) is 123 cm³/mol. The van der Waals surface area contributed by atoms with Crippen molar-refractivity contribution in [2.75, 3.05) is 20.7 Å². The summed E-state index contributed by atoms with van der Waals surface area (Å²) in [6, 6.07) is 5.31. The molecule has 0 radical (unpaired) electrons. The van der Waals surface area contributed by atoms with Crippen LogP contribution in [0, 0.1) is 12.7 Å². The Morgan fingerprint density at radius 1 is 1.41 bits per heavy atom. The smallest absolute Gasteiger partial charge is 0.274 e. The summed E-state index contributed by atoms with van der Waals surface area (Å²) in [4.78, 5) is 16.6. The number of hydrogen-bond acceptors (Lipinski definition) is 5. The van der Waals surface area contributed by atoms with Crippen molar-refractivity contribution in [2.45, 2.75) is 45.4 Å². The third-order valence-corrected chi connectivity index (χ3v) is 6.25. The van der Waals surface area contributed by atoms with E-state index in [9.17, 15) is 14.3 Å². The van der Waals surface area contributed by atoms with Crippen molar-refractivity contribution < 1.29 is 19.0 Å². The number of halogens is 1. The Morgan fingerprint density at radius 3 is 2.72 bits per heavy atom. The van der Waals surface area contributed by atoms with Crippen molar-refractivity contribution in [3.05, 3.63) is 82.8 Å². The summed E-state index contributed by atoms with van der Waals surface area (Å²) >= 11 is 0. The molecule has 0 saturated heterocycles. The van der Waals surface area contributed by atoms with E-state index in [1.54, 1.807) is 55.3 Å². The van der Waals surface area contributed by atoms with Crippen molar-refractivity contribution in [1.82, 2.24) is 15.1 Å². The lowest BCUT2D eigenvalue weighted by Crippen LogP contribution is -2.52. The monoisotopic (exact) mass is 441 g/mol. The highest BCUT2D eigenvalue weighted by Crippen LogP contribution is 2.34. The molecule has 0 bridgehead atoms. The van der Waals surface area contributed by atoms with Gasteiger partial charge in [-0.1, -0.05) is 31.4 Å². The number of likely N-dealkylation sites (N-methyl/N-ethyl adjacent to an activating group) is 2. The van der Waals surface area contributed by atoms with Crippen molar-refractivity contribution >= 4 is 5.91 Å². The van der Waals surface area contributed by atoms with Gasteiger partial charge in [-0.25, -0.2) is 4.39 Å². The molecule has 2 aliphatic rings. The zero-order chi connectivity index (χ0) is 23.6. The molecule has 6 nitrogen and oxygen atoms in total. The fourth-order valence-electron chi connectivity index (χ4n) is 4.12. The molecule has 0 aromatic heterocycles. The molecule has 1 aliphatic carbocycles. The number of allylic oxidation sites excluding steroid dienone is 2. The van der Waals surface area contributed by atoms with Gasteiger partial charge in [0.15, 0.2) is 5.76 Å². The Bertz CT molecular complexity index is 992. The van der Waals surface area contributed by atoms with Crippen LogP contribution in [0.5, 0.6) is 0 Å². The first-order valence-electron chi connectivity index (χ1n) is 10.8. The number of ether oxygens (including phenoxy) is 1. The third kappa shape index (κ3) is 4.43. The van der Waals surface area contributed by atoms with Gasteiger partial charge in [-0.3, -0.25) is 4.79 Å². The Kier molecular flexibility index (Phi) is 7.09. The number of benzene rings is 1. The number of carbonyl (C=O) groups excluding carboxylic acids is 1. The second-order valence-corrected chi connectivity index (χ2v) is 8.28. The van der Waals surface area contributed by atoms with E-state index >= 15 is 0 Å². The van der Waals surface area contributed by atoms with Gasteiger partial charge >= 0.3 is 0 Å². The summed E-state index contributed by atoms with van der Waals surface area (Å²) < 4.78 is 19.6. The number of aryl methyl sites for hydroxylation is 1. The Hall–Kier alpha value is -3.06. The number of nitrogens with zero attached hydrogens (tertiary/aromatic N) is 2. The molecule has 32 heavy (non-hydrogen) atoms.